The molecule has 0 radical (unpaired) electrons. The lowest BCUT2D eigenvalue weighted by atomic mass is 9.85. The molecule has 0 saturated carbocycles. The van der Waals surface area contributed by atoms with Crippen LogP contribution >= 0.6 is 0 Å². The van der Waals surface area contributed by atoms with Crippen LogP contribution in [0, 0.1) is 12.3 Å². The molecule has 1 aromatic rings. The molecule has 5 heteroatoms. The van der Waals surface area contributed by atoms with Crippen molar-refractivity contribution >= 4 is 5.91 Å². The van der Waals surface area contributed by atoms with Crippen molar-refractivity contribution in [3.05, 3.63) is 29.6 Å². The molecule has 1 aliphatic rings. The van der Waals surface area contributed by atoms with Gasteiger partial charge in [0.2, 0.25) is 5.91 Å². The Bertz CT molecular complexity index is 450. The average Bonchev–Trinajstić information content (AvgIpc) is 2.69. The molecule has 1 aromatic heterocycles. The Balaban J connectivity index is 1.99. The molecule has 5 nitrogen and oxygen atoms in total. The van der Waals surface area contributed by atoms with Gasteiger partial charge >= 0.3 is 0 Å². The van der Waals surface area contributed by atoms with E-state index in [2.05, 4.69) is 10.3 Å². The van der Waals surface area contributed by atoms with Crippen molar-refractivity contribution < 1.29 is 9.53 Å². The summed E-state index contributed by atoms with van der Waals surface area (Å²) in [5.74, 6) is -0.0595. The zero-order valence-electron chi connectivity index (χ0n) is 10.8. The van der Waals surface area contributed by atoms with Crippen molar-refractivity contribution in [3.63, 3.8) is 0 Å². The molecule has 1 amide bonds. The molecule has 0 bridgehead atoms. The maximum atomic E-state index is 12.2. The molecule has 2 unspecified atom stereocenters. The van der Waals surface area contributed by atoms with Crippen molar-refractivity contribution in [1.82, 2.24) is 10.3 Å². The van der Waals surface area contributed by atoms with E-state index in [4.69, 9.17) is 10.5 Å². The molecule has 2 rings (SSSR count). The summed E-state index contributed by atoms with van der Waals surface area (Å²) in [4.78, 5) is 16.2. The number of aromatic nitrogens is 1. The average molecular weight is 249 g/mol. The van der Waals surface area contributed by atoms with E-state index in [1.54, 1.807) is 12.4 Å². The second-order valence-electron chi connectivity index (χ2n) is 5.02. The van der Waals surface area contributed by atoms with Crippen LogP contribution in [0.4, 0.5) is 0 Å². The maximum Gasteiger partial charge on any atom is 0.230 e. The maximum absolute atomic E-state index is 12.2. The van der Waals surface area contributed by atoms with Gasteiger partial charge in [0.05, 0.1) is 18.6 Å². The van der Waals surface area contributed by atoms with Gasteiger partial charge in [0.25, 0.3) is 0 Å². The van der Waals surface area contributed by atoms with Gasteiger partial charge in [-0.05, 0) is 31.0 Å². The van der Waals surface area contributed by atoms with E-state index < -0.39 is 5.41 Å². The van der Waals surface area contributed by atoms with Gasteiger partial charge in [0, 0.05) is 25.0 Å². The van der Waals surface area contributed by atoms with Gasteiger partial charge in [0.1, 0.15) is 0 Å². The molecule has 0 aliphatic carbocycles. The minimum absolute atomic E-state index is 0.0595. The minimum atomic E-state index is -0.629. The Morgan fingerprint density at radius 1 is 1.72 bits per heavy atom. The van der Waals surface area contributed by atoms with Gasteiger partial charge in [-0.2, -0.15) is 0 Å². The second-order valence-corrected chi connectivity index (χ2v) is 5.02. The molecule has 98 valence electrons. The highest BCUT2D eigenvalue weighted by molar-refractivity contribution is 5.83. The van der Waals surface area contributed by atoms with E-state index in [0.29, 0.717) is 19.8 Å². The Morgan fingerprint density at radius 3 is 3.11 bits per heavy atom. The smallest absolute Gasteiger partial charge is 0.230 e. The number of nitrogens with two attached hydrogens (primary N) is 1. The molecule has 18 heavy (non-hydrogen) atoms. The summed E-state index contributed by atoms with van der Waals surface area (Å²) in [5, 5.41) is 2.91. The molecule has 3 N–H and O–H groups in total. The number of rotatable bonds is 3. The topological polar surface area (TPSA) is 77.2 Å². The van der Waals surface area contributed by atoms with Gasteiger partial charge in [0.15, 0.2) is 0 Å². The Hall–Kier alpha value is -1.46. The first-order valence-corrected chi connectivity index (χ1v) is 6.05. The lowest BCUT2D eigenvalue weighted by Gasteiger charge is -2.25. The highest BCUT2D eigenvalue weighted by Gasteiger charge is 2.44. The summed E-state index contributed by atoms with van der Waals surface area (Å²) in [5.41, 5.74) is 7.42. The standard InChI is InChI=1S/C13H19N3O2/c1-9-3-4-15-5-10(9)6-16-12(17)13(2)8-18-7-11(13)14/h3-5,11H,6-8,14H2,1-2H3,(H,16,17). The lowest BCUT2D eigenvalue weighted by Crippen LogP contribution is -2.49. The highest BCUT2D eigenvalue weighted by Crippen LogP contribution is 2.27. The number of amides is 1. The van der Waals surface area contributed by atoms with Crippen LogP contribution in [-0.4, -0.2) is 30.1 Å². The molecule has 0 spiro atoms. The third-order valence-electron chi connectivity index (χ3n) is 3.62. The molecule has 2 heterocycles. The fourth-order valence-electron chi connectivity index (χ4n) is 1.98. The van der Waals surface area contributed by atoms with E-state index in [0.717, 1.165) is 11.1 Å². The van der Waals surface area contributed by atoms with Crippen LogP contribution in [0.3, 0.4) is 0 Å². The fraction of sp³-hybridized carbons (Fsp3) is 0.538. The minimum Gasteiger partial charge on any atom is -0.379 e. The molecular formula is C13H19N3O2. The van der Waals surface area contributed by atoms with Crippen molar-refractivity contribution in [2.24, 2.45) is 11.1 Å². The first kappa shape index (κ1) is 13.0. The predicted molar refractivity (Wildman–Crippen MR) is 67.7 cm³/mol. The van der Waals surface area contributed by atoms with Gasteiger partial charge in [-0.1, -0.05) is 0 Å². The van der Waals surface area contributed by atoms with E-state index >= 15 is 0 Å². The van der Waals surface area contributed by atoms with E-state index in [9.17, 15) is 4.79 Å². The van der Waals surface area contributed by atoms with Crippen molar-refractivity contribution in [1.29, 1.82) is 0 Å². The van der Waals surface area contributed by atoms with Crippen molar-refractivity contribution in [3.8, 4) is 0 Å². The first-order chi connectivity index (χ1) is 8.54. The number of pyridine rings is 1. The van der Waals surface area contributed by atoms with E-state index in [-0.39, 0.29) is 11.9 Å². The number of ether oxygens (including phenoxy) is 1. The number of hydrogen-bond acceptors (Lipinski definition) is 4. The first-order valence-electron chi connectivity index (χ1n) is 6.05. The van der Waals surface area contributed by atoms with Gasteiger partial charge in [-0.3, -0.25) is 9.78 Å². The van der Waals surface area contributed by atoms with Crippen LogP contribution in [0.15, 0.2) is 18.5 Å². The molecule has 2 atom stereocenters. The van der Waals surface area contributed by atoms with Crippen LogP contribution in [0.1, 0.15) is 18.1 Å². The second kappa shape index (κ2) is 5.04. The SMILES string of the molecule is Cc1ccncc1CNC(=O)C1(C)COCC1N. The third kappa shape index (κ3) is 2.37. The van der Waals surface area contributed by atoms with Gasteiger partial charge in [-0.15, -0.1) is 0 Å². The summed E-state index contributed by atoms with van der Waals surface area (Å²) >= 11 is 0. The number of hydrogen-bond donors (Lipinski definition) is 2. The molecule has 0 aromatic carbocycles. The molecular weight excluding hydrogens is 230 g/mol. The molecule has 1 fully saturated rings. The summed E-state index contributed by atoms with van der Waals surface area (Å²) in [6.07, 6.45) is 3.51. The summed E-state index contributed by atoms with van der Waals surface area (Å²) in [7, 11) is 0. The van der Waals surface area contributed by atoms with E-state index in [1.165, 1.54) is 0 Å². The number of nitrogens with one attached hydrogen (secondary N) is 1. The number of carbonyl (C=O) groups is 1. The lowest BCUT2D eigenvalue weighted by molar-refractivity contribution is -0.130. The number of carbonyl (C=O) groups excluding carboxylic acids is 1. The molecule has 1 aliphatic heterocycles. The summed E-state index contributed by atoms with van der Waals surface area (Å²) < 4.78 is 5.27. The van der Waals surface area contributed by atoms with Crippen LogP contribution in [0.2, 0.25) is 0 Å². The Kier molecular flexibility index (Phi) is 3.63. The summed E-state index contributed by atoms with van der Waals surface area (Å²) in [6, 6.07) is 1.68. The third-order valence-corrected chi connectivity index (χ3v) is 3.62. The van der Waals surface area contributed by atoms with Crippen LogP contribution in [0.25, 0.3) is 0 Å². The van der Waals surface area contributed by atoms with Gasteiger partial charge in [-0.25, -0.2) is 0 Å². The zero-order chi connectivity index (χ0) is 13.2. The Morgan fingerprint density at radius 2 is 2.50 bits per heavy atom. The molecule has 1 saturated heterocycles. The van der Waals surface area contributed by atoms with Gasteiger partial charge < -0.3 is 15.8 Å². The fourth-order valence-corrected chi connectivity index (χ4v) is 1.98. The number of nitrogens with zero attached hydrogens (tertiary/aromatic N) is 1. The summed E-state index contributed by atoms with van der Waals surface area (Å²) in [6.45, 7) is 5.13. The van der Waals surface area contributed by atoms with E-state index in [1.807, 2.05) is 19.9 Å². The zero-order valence-corrected chi connectivity index (χ0v) is 10.8. The number of aryl methyl sites for hydroxylation is 1. The Labute approximate surface area is 107 Å². The highest BCUT2D eigenvalue weighted by atomic mass is 16.5. The normalized spacial score (nSPS) is 27.2. The monoisotopic (exact) mass is 249 g/mol. The van der Waals surface area contributed by atoms with Crippen molar-refractivity contribution in [2.75, 3.05) is 13.2 Å². The van der Waals surface area contributed by atoms with Crippen molar-refractivity contribution in [2.45, 2.75) is 26.4 Å². The van der Waals surface area contributed by atoms with Crippen LogP contribution in [0.5, 0.6) is 0 Å². The van der Waals surface area contributed by atoms with Crippen LogP contribution < -0.4 is 11.1 Å². The quantitative estimate of drug-likeness (QED) is 0.811. The largest absolute Gasteiger partial charge is 0.379 e. The van der Waals surface area contributed by atoms with Crippen LogP contribution in [-0.2, 0) is 16.1 Å². The predicted octanol–water partition coefficient (Wildman–Crippen LogP) is 0.370.